The number of fused-ring (bicyclic) bond motifs is 1. The number of hydrogen-bond acceptors (Lipinski definition) is 6. The van der Waals surface area contributed by atoms with Crippen LogP contribution >= 0.6 is 0 Å². The van der Waals surface area contributed by atoms with Gasteiger partial charge in [0.05, 0.1) is 12.8 Å². The number of amides is 2. The van der Waals surface area contributed by atoms with E-state index in [1.165, 1.54) is 9.08 Å². The fraction of sp³-hybridized carbons (Fsp3) is 0.652. The van der Waals surface area contributed by atoms with Crippen molar-refractivity contribution in [3.63, 3.8) is 0 Å². The van der Waals surface area contributed by atoms with Crippen molar-refractivity contribution in [2.75, 3.05) is 26.3 Å². The number of hydrogen-bond donors (Lipinski definition) is 2. The smallest absolute Gasteiger partial charge is 0.270 e. The zero-order valence-corrected chi connectivity index (χ0v) is 19.5. The van der Waals surface area contributed by atoms with Gasteiger partial charge in [-0.15, -0.1) is 0 Å². The molecule has 3 heterocycles. The molecule has 10 heteroatoms. The second-order valence-electron chi connectivity index (χ2n) is 9.56. The zero-order valence-electron chi connectivity index (χ0n) is 19.5. The highest BCUT2D eigenvalue weighted by Crippen LogP contribution is 2.24. The van der Waals surface area contributed by atoms with Gasteiger partial charge in [0.25, 0.3) is 11.5 Å². The van der Waals surface area contributed by atoms with E-state index in [-0.39, 0.29) is 29.3 Å². The molecule has 4 rings (SSSR count). The van der Waals surface area contributed by atoms with Crippen LogP contribution in [0.15, 0.2) is 11.0 Å². The summed E-state index contributed by atoms with van der Waals surface area (Å²) in [6.45, 7) is 8.59. The molecule has 0 bridgehead atoms. The van der Waals surface area contributed by atoms with Crippen LogP contribution in [0.5, 0.6) is 5.88 Å². The van der Waals surface area contributed by atoms with Gasteiger partial charge in [0.15, 0.2) is 5.56 Å². The van der Waals surface area contributed by atoms with Crippen LogP contribution in [0.4, 0.5) is 0 Å². The van der Waals surface area contributed by atoms with Gasteiger partial charge < -0.3 is 20.1 Å². The van der Waals surface area contributed by atoms with Gasteiger partial charge in [0, 0.05) is 43.8 Å². The molecule has 1 saturated carbocycles. The lowest BCUT2D eigenvalue weighted by Crippen LogP contribution is -2.38. The third-order valence-corrected chi connectivity index (χ3v) is 6.12. The molecule has 2 N–H and O–H groups in total. The van der Waals surface area contributed by atoms with Crippen molar-refractivity contribution in [2.24, 2.45) is 11.8 Å². The van der Waals surface area contributed by atoms with Crippen LogP contribution in [-0.4, -0.2) is 68.3 Å². The van der Waals surface area contributed by atoms with Gasteiger partial charge in [-0.1, -0.05) is 20.8 Å². The SMILES string of the molecule is CC(C)Cn1c(=O)c(C(=O)NC2CC2)c(O)n2ncc(CC(C)C(=O)N3CCCOCC3)c12. The first-order valence-electron chi connectivity index (χ1n) is 11.8. The summed E-state index contributed by atoms with van der Waals surface area (Å²) >= 11 is 0. The molecule has 0 radical (unpaired) electrons. The molecule has 1 saturated heterocycles. The molecule has 2 aromatic rings. The van der Waals surface area contributed by atoms with Crippen molar-refractivity contribution in [3.05, 3.63) is 27.7 Å². The standard InChI is InChI=1S/C23H33N5O5/c1-14(2)13-27-20-16(11-15(3)21(30)26-7-4-9-33-10-8-26)12-24-28(20)23(32)18(22(27)31)19(29)25-17-5-6-17/h12,14-15,17,32H,4-11,13H2,1-3H3,(H,25,29). The lowest BCUT2D eigenvalue weighted by molar-refractivity contribution is -0.135. The fourth-order valence-electron chi connectivity index (χ4n) is 4.31. The fourth-order valence-corrected chi connectivity index (χ4v) is 4.31. The third-order valence-electron chi connectivity index (χ3n) is 6.12. The van der Waals surface area contributed by atoms with E-state index in [2.05, 4.69) is 10.4 Å². The molecule has 2 amide bonds. The number of carbonyl (C=O) groups excluding carboxylic acids is 2. The van der Waals surface area contributed by atoms with E-state index >= 15 is 0 Å². The Kier molecular flexibility index (Phi) is 6.73. The maximum atomic E-state index is 13.3. The number of aromatic hydroxyl groups is 1. The molecule has 1 unspecified atom stereocenters. The molecule has 1 aliphatic carbocycles. The van der Waals surface area contributed by atoms with E-state index in [4.69, 9.17) is 4.74 Å². The van der Waals surface area contributed by atoms with Crippen molar-refractivity contribution in [3.8, 4) is 5.88 Å². The monoisotopic (exact) mass is 459 g/mol. The molecule has 1 atom stereocenters. The number of aromatic nitrogens is 3. The summed E-state index contributed by atoms with van der Waals surface area (Å²) in [7, 11) is 0. The average Bonchev–Trinajstić information content (AvgIpc) is 3.53. The quantitative estimate of drug-likeness (QED) is 0.642. The lowest BCUT2D eigenvalue weighted by Gasteiger charge is -2.23. The normalized spacial score (nSPS) is 17.9. The van der Waals surface area contributed by atoms with Gasteiger partial charge in [-0.3, -0.25) is 19.0 Å². The van der Waals surface area contributed by atoms with Gasteiger partial charge in [0.1, 0.15) is 5.65 Å². The van der Waals surface area contributed by atoms with Crippen molar-refractivity contribution in [1.82, 2.24) is 24.4 Å². The Morgan fingerprint density at radius 2 is 2.00 bits per heavy atom. The number of nitrogens with one attached hydrogen (secondary N) is 1. The second-order valence-corrected chi connectivity index (χ2v) is 9.56. The molecular formula is C23H33N5O5. The Bertz CT molecular complexity index is 1090. The van der Waals surface area contributed by atoms with Gasteiger partial charge in [0.2, 0.25) is 11.8 Å². The number of ether oxygens (including phenoxy) is 1. The number of rotatable bonds is 7. The van der Waals surface area contributed by atoms with E-state index in [0.29, 0.717) is 50.5 Å². The molecule has 33 heavy (non-hydrogen) atoms. The summed E-state index contributed by atoms with van der Waals surface area (Å²) < 4.78 is 8.20. The summed E-state index contributed by atoms with van der Waals surface area (Å²) in [5, 5.41) is 17.9. The van der Waals surface area contributed by atoms with Crippen LogP contribution in [-0.2, 0) is 22.5 Å². The first-order valence-corrected chi connectivity index (χ1v) is 11.8. The van der Waals surface area contributed by atoms with Crippen LogP contribution in [0.25, 0.3) is 5.65 Å². The molecule has 0 aromatic carbocycles. The summed E-state index contributed by atoms with van der Waals surface area (Å²) in [5.74, 6) is -1.23. The van der Waals surface area contributed by atoms with Crippen LogP contribution in [0.2, 0.25) is 0 Å². The largest absolute Gasteiger partial charge is 0.492 e. The molecule has 2 aromatic heterocycles. The molecule has 0 spiro atoms. The van der Waals surface area contributed by atoms with Crippen LogP contribution in [0.1, 0.15) is 56.0 Å². The minimum absolute atomic E-state index is 0.0299. The summed E-state index contributed by atoms with van der Waals surface area (Å²) in [4.78, 5) is 40.9. The topological polar surface area (TPSA) is 118 Å². The Morgan fingerprint density at radius 1 is 1.24 bits per heavy atom. The van der Waals surface area contributed by atoms with E-state index in [0.717, 1.165) is 19.3 Å². The minimum atomic E-state index is -0.580. The molecule has 10 nitrogen and oxygen atoms in total. The van der Waals surface area contributed by atoms with E-state index < -0.39 is 17.3 Å². The molecule has 1 aliphatic heterocycles. The Labute approximate surface area is 192 Å². The van der Waals surface area contributed by atoms with E-state index in [9.17, 15) is 19.5 Å². The molecular weight excluding hydrogens is 426 g/mol. The number of carbonyl (C=O) groups is 2. The van der Waals surface area contributed by atoms with E-state index in [1.807, 2.05) is 25.7 Å². The molecule has 180 valence electrons. The van der Waals surface area contributed by atoms with Gasteiger partial charge >= 0.3 is 0 Å². The van der Waals surface area contributed by atoms with Crippen LogP contribution in [0, 0.1) is 11.8 Å². The highest BCUT2D eigenvalue weighted by atomic mass is 16.5. The Morgan fingerprint density at radius 3 is 2.70 bits per heavy atom. The maximum Gasteiger partial charge on any atom is 0.270 e. The lowest BCUT2D eigenvalue weighted by atomic mass is 10.0. The predicted octanol–water partition coefficient (Wildman–Crippen LogP) is 1.18. The first-order chi connectivity index (χ1) is 15.8. The van der Waals surface area contributed by atoms with E-state index in [1.54, 1.807) is 6.20 Å². The van der Waals surface area contributed by atoms with Crippen LogP contribution < -0.4 is 10.9 Å². The zero-order chi connectivity index (χ0) is 23.7. The predicted molar refractivity (Wildman–Crippen MR) is 121 cm³/mol. The van der Waals surface area contributed by atoms with Crippen molar-refractivity contribution >= 4 is 17.5 Å². The molecule has 2 fully saturated rings. The summed E-state index contributed by atoms with van der Waals surface area (Å²) in [6, 6.07) is 0.0509. The summed E-state index contributed by atoms with van der Waals surface area (Å²) in [6.07, 6.45) is 4.49. The Balaban J connectivity index is 1.69. The number of nitrogens with zero attached hydrogens (tertiary/aromatic N) is 4. The van der Waals surface area contributed by atoms with Crippen molar-refractivity contribution in [2.45, 2.75) is 59.0 Å². The maximum absolute atomic E-state index is 13.3. The van der Waals surface area contributed by atoms with Crippen molar-refractivity contribution in [1.29, 1.82) is 0 Å². The second kappa shape index (κ2) is 9.54. The minimum Gasteiger partial charge on any atom is -0.492 e. The van der Waals surface area contributed by atoms with Crippen molar-refractivity contribution < 1.29 is 19.4 Å². The van der Waals surface area contributed by atoms with Gasteiger partial charge in [-0.05, 0) is 31.6 Å². The highest BCUT2D eigenvalue weighted by molar-refractivity contribution is 5.96. The third kappa shape index (κ3) is 4.90. The van der Waals surface area contributed by atoms with Gasteiger partial charge in [-0.25, -0.2) is 0 Å². The summed E-state index contributed by atoms with van der Waals surface area (Å²) in [5.41, 5.74) is 0.271. The molecule has 2 aliphatic rings. The highest BCUT2D eigenvalue weighted by Gasteiger charge is 2.31. The van der Waals surface area contributed by atoms with Gasteiger partial charge in [-0.2, -0.15) is 9.61 Å². The first kappa shape index (κ1) is 23.3. The Hall–Kier alpha value is -2.88. The average molecular weight is 460 g/mol. The van der Waals surface area contributed by atoms with Crippen LogP contribution in [0.3, 0.4) is 0 Å².